The van der Waals surface area contributed by atoms with E-state index in [-0.39, 0.29) is 0 Å². The van der Waals surface area contributed by atoms with Crippen molar-refractivity contribution >= 4 is 11.6 Å². The molecule has 4 heteroatoms. The van der Waals surface area contributed by atoms with Gasteiger partial charge in [0.05, 0.1) is 0 Å². The van der Waals surface area contributed by atoms with Crippen molar-refractivity contribution in [3.8, 4) is 0 Å². The highest BCUT2D eigenvalue weighted by molar-refractivity contribution is 5.46. The fourth-order valence-corrected chi connectivity index (χ4v) is 1.48. The zero-order valence-corrected chi connectivity index (χ0v) is 9.82. The van der Waals surface area contributed by atoms with Gasteiger partial charge in [-0.1, -0.05) is 19.8 Å². The molecule has 15 heavy (non-hydrogen) atoms. The molecular formula is C11H20N4. The second kappa shape index (κ2) is 5.53. The van der Waals surface area contributed by atoms with E-state index in [1.54, 1.807) is 0 Å². The van der Waals surface area contributed by atoms with Crippen LogP contribution in [0.3, 0.4) is 0 Å². The molecule has 0 unspecified atom stereocenters. The Hall–Kier alpha value is -1.32. The molecule has 0 aliphatic heterocycles. The third-order valence-corrected chi connectivity index (χ3v) is 2.33. The molecule has 0 saturated heterocycles. The van der Waals surface area contributed by atoms with E-state index in [4.69, 9.17) is 5.73 Å². The first kappa shape index (κ1) is 11.8. The van der Waals surface area contributed by atoms with Gasteiger partial charge in [0, 0.05) is 19.7 Å². The average Bonchev–Trinajstić information content (AvgIpc) is 2.16. The number of aromatic nitrogens is 2. The Labute approximate surface area is 91.5 Å². The maximum absolute atomic E-state index is 5.67. The number of nitrogens with zero attached hydrogens (tertiary/aromatic N) is 3. The smallest absolute Gasteiger partial charge is 0.134 e. The van der Waals surface area contributed by atoms with Gasteiger partial charge in [0.1, 0.15) is 17.5 Å². The van der Waals surface area contributed by atoms with Gasteiger partial charge in [-0.3, -0.25) is 0 Å². The number of hydrogen-bond donors (Lipinski definition) is 1. The van der Waals surface area contributed by atoms with E-state index in [0.29, 0.717) is 5.82 Å². The molecule has 84 valence electrons. The molecule has 0 fully saturated rings. The molecule has 0 amide bonds. The van der Waals surface area contributed by atoms with Crippen LogP contribution in [-0.2, 0) is 0 Å². The fourth-order valence-electron chi connectivity index (χ4n) is 1.48. The predicted molar refractivity (Wildman–Crippen MR) is 64.0 cm³/mol. The van der Waals surface area contributed by atoms with E-state index in [1.807, 2.05) is 20.0 Å². The van der Waals surface area contributed by atoms with E-state index in [9.17, 15) is 0 Å². The highest BCUT2D eigenvalue weighted by Crippen LogP contribution is 2.12. The SMILES string of the molecule is CCCCCN(C)c1cc(N)nc(C)n1. The molecule has 1 heterocycles. The second-order valence-electron chi connectivity index (χ2n) is 3.83. The van der Waals surface area contributed by atoms with Gasteiger partial charge in [-0.25, -0.2) is 9.97 Å². The minimum atomic E-state index is 0.542. The number of anilines is 2. The van der Waals surface area contributed by atoms with Crippen LogP contribution < -0.4 is 10.6 Å². The lowest BCUT2D eigenvalue weighted by Gasteiger charge is -2.18. The predicted octanol–water partition coefficient (Wildman–Crippen LogP) is 1.99. The normalized spacial score (nSPS) is 10.3. The lowest BCUT2D eigenvalue weighted by atomic mass is 10.2. The van der Waals surface area contributed by atoms with Gasteiger partial charge in [-0.05, 0) is 13.3 Å². The monoisotopic (exact) mass is 208 g/mol. The lowest BCUT2D eigenvalue weighted by molar-refractivity contribution is 0.700. The minimum absolute atomic E-state index is 0.542. The van der Waals surface area contributed by atoms with E-state index in [0.717, 1.165) is 18.2 Å². The Morgan fingerprint density at radius 1 is 1.33 bits per heavy atom. The molecule has 0 bridgehead atoms. The van der Waals surface area contributed by atoms with Crippen LogP contribution in [0.25, 0.3) is 0 Å². The Bertz CT molecular complexity index is 291. The highest BCUT2D eigenvalue weighted by Gasteiger charge is 2.04. The number of rotatable bonds is 5. The van der Waals surface area contributed by atoms with E-state index < -0.39 is 0 Å². The molecular weight excluding hydrogens is 188 g/mol. The summed E-state index contributed by atoms with van der Waals surface area (Å²) in [6.45, 7) is 5.08. The van der Waals surface area contributed by atoms with Crippen molar-refractivity contribution in [3.05, 3.63) is 11.9 Å². The number of aryl methyl sites for hydroxylation is 1. The van der Waals surface area contributed by atoms with Crippen molar-refractivity contribution in [2.24, 2.45) is 0 Å². The summed E-state index contributed by atoms with van der Waals surface area (Å²) >= 11 is 0. The molecule has 0 aliphatic rings. The Morgan fingerprint density at radius 3 is 2.67 bits per heavy atom. The van der Waals surface area contributed by atoms with Gasteiger partial charge in [0.15, 0.2) is 0 Å². The van der Waals surface area contributed by atoms with Crippen LogP contribution in [0.15, 0.2) is 6.07 Å². The largest absolute Gasteiger partial charge is 0.384 e. The average molecular weight is 208 g/mol. The summed E-state index contributed by atoms with van der Waals surface area (Å²) in [7, 11) is 2.04. The topological polar surface area (TPSA) is 55.0 Å². The van der Waals surface area contributed by atoms with Crippen molar-refractivity contribution in [2.45, 2.75) is 33.1 Å². The molecule has 0 saturated carbocycles. The molecule has 0 atom stereocenters. The molecule has 0 spiro atoms. The van der Waals surface area contributed by atoms with Crippen molar-refractivity contribution in [2.75, 3.05) is 24.2 Å². The first-order valence-corrected chi connectivity index (χ1v) is 5.45. The van der Waals surface area contributed by atoms with Gasteiger partial charge in [0.2, 0.25) is 0 Å². The number of hydrogen-bond acceptors (Lipinski definition) is 4. The first-order valence-electron chi connectivity index (χ1n) is 5.45. The Kier molecular flexibility index (Phi) is 4.34. The molecule has 0 aliphatic carbocycles. The summed E-state index contributed by atoms with van der Waals surface area (Å²) in [5.74, 6) is 2.18. The third-order valence-electron chi connectivity index (χ3n) is 2.33. The highest BCUT2D eigenvalue weighted by atomic mass is 15.2. The summed E-state index contributed by atoms with van der Waals surface area (Å²) in [4.78, 5) is 10.5. The number of nitrogen functional groups attached to an aromatic ring is 1. The molecule has 4 nitrogen and oxygen atoms in total. The molecule has 1 aromatic heterocycles. The summed E-state index contributed by atoms with van der Waals surface area (Å²) in [5.41, 5.74) is 5.67. The van der Waals surface area contributed by atoms with Crippen LogP contribution in [0.1, 0.15) is 32.0 Å². The third kappa shape index (κ3) is 3.73. The maximum atomic E-state index is 5.67. The van der Waals surface area contributed by atoms with Crippen molar-refractivity contribution in [3.63, 3.8) is 0 Å². The fraction of sp³-hybridized carbons (Fsp3) is 0.636. The number of unbranched alkanes of at least 4 members (excludes halogenated alkanes) is 2. The standard InChI is InChI=1S/C11H20N4/c1-4-5-6-7-15(3)11-8-10(12)13-9(2)14-11/h8H,4-7H2,1-3H3,(H2,12,13,14). The van der Waals surface area contributed by atoms with Crippen LogP contribution in [0.4, 0.5) is 11.6 Å². The van der Waals surface area contributed by atoms with Gasteiger partial charge in [-0.15, -0.1) is 0 Å². The maximum Gasteiger partial charge on any atom is 0.134 e. The number of nitrogens with two attached hydrogens (primary N) is 1. The molecule has 2 N–H and O–H groups in total. The summed E-state index contributed by atoms with van der Waals surface area (Å²) < 4.78 is 0. The van der Waals surface area contributed by atoms with E-state index >= 15 is 0 Å². The zero-order chi connectivity index (χ0) is 11.3. The quantitative estimate of drug-likeness (QED) is 0.752. The van der Waals surface area contributed by atoms with Crippen molar-refractivity contribution < 1.29 is 0 Å². The van der Waals surface area contributed by atoms with Gasteiger partial charge in [-0.2, -0.15) is 0 Å². The van der Waals surface area contributed by atoms with Crippen LogP contribution in [0.5, 0.6) is 0 Å². The van der Waals surface area contributed by atoms with Crippen molar-refractivity contribution in [1.29, 1.82) is 0 Å². The Balaban J connectivity index is 2.60. The Morgan fingerprint density at radius 2 is 2.07 bits per heavy atom. The minimum Gasteiger partial charge on any atom is -0.384 e. The first-order chi connectivity index (χ1) is 7.13. The lowest BCUT2D eigenvalue weighted by Crippen LogP contribution is -2.20. The summed E-state index contributed by atoms with van der Waals surface area (Å²) in [6, 6.07) is 1.82. The van der Waals surface area contributed by atoms with Crippen LogP contribution in [0.2, 0.25) is 0 Å². The molecule has 1 aromatic rings. The van der Waals surface area contributed by atoms with Crippen LogP contribution >= 0.6 is 0 Å². The van der Waals surface area contributed by atoms with Crippen LogP contribution in [0, 0.1) is 6.92 Å². The molecule has 0 aromatic carbocycles. The summed E-state index contributed by atoms with van der Waals surface area (Å²) in [6.07, 6.45) is 3.68. The van der Waals surface area contributed by atoms with E-state index in [2.05, 4.69) is 21.8 Å². The van der Waals surface area contributed by atoms with Gasteiger partial charge >= 0.3 is 0 Å². The van der Waals surface area contributed by atoms with Gasteiger partial charge < -0.3 is 10.6 Å². The van der Waals surface area contributed by atoms with E-state index in [1.165, 1.54) is 19.3 Å². The second-order valence-corrected chi connectivity index (χ2v) is 3.83. The summed E-state index contributed by atoms with van der Waals surface area (Å²) in [5, 5.41) is 0. The van der Waals surface area contributed by atoms with Crippen LogP contribution in [-0.4, -0.2) is 23.6 Å². The van der Waals surface area contributed by atoms with Crippen molar-refractivity contribution in [1.82, 2.24) is 9.97 Å². The molecule has 1 rings (SSSR count). The molecule has 0 radical (unpaired) electrons. The van der Waals surface area contributed by atoms with Gasteiger partial charge in [0.25, 0.3) is 0 Å². The zero-order valence-electron chi connectivity index (χ0n) is 9.82.